The van der Waals surface area contributed by atoms with E-state index in [1.54, 1.807) is 12.1 Å². The number of anilines is 1. The van der Waals surface area contributed by atoms with Gasteiger partial charge in [-0.25, -0.2) is 9.37 Å². The third-order valence-electron chi connectivity index (χ3n) is 2.35. The molecule has 3 rings (SSSR count). The third-order valence-corrected chi connectivity index (χ3v) is 2.35. The molecule has 7 nitrogen and oxygen atoms in total. The maximum absolute atomic E-state index is 13.2. The number of hydrogen-bond acceptors (Lipinski definition) is 6. The van der Waals surface area contributed by atoms with Crippen molar-refractivity contribution in [2.45, 2.75) is 0 Å². The molecule has 0 aliphatic carbocycles. The summed E-state index contributed by atoms with van der Waals surface area (Å²) in [5.41, 5.74) is 6.13. The lowest BCUT2D eigenvalue weighted by molar-refractivity contribution is 0.628. The summed E-state index contributed by atoms with van der Waals surface area (Å²) < 4.78 is 14.5. The van der Waals surface area contributed by atoms with E-state index in [4.69, 9.17) is 5.73 Å². The number of aromatic nitrogens is 6. The first-order chi connectivity index (χ1) is 9.22. The van der Waals surface area contributed by atoms with Gasteiger partial charge in [0, 0.05) is 5.56 Å². The van der Waals surface area contributed by atoms with Crippen molar-refractivity contribution in [2.75, 3.05) is 5.73 Å². The van der Waals surface area contributed by atoms with Crippen molar-refractivity contribution in [1.82, 2.24) is 29.7 Å². The van der Waals surface area contributed by atoms with Crippen LogP contribution in [-0.4, -0.2) is 29.7 Å². The van der Waals surface area contributed by atoms with Crippen LogP contribution in [0.1, 0.15) is 0 Å². The van der Waals surface area contributed by atoms with E-state index in [1.807, 2.05) is 0 Å². The molecule has 0 bridgehead atoms. The molecule has 94 valence electrons. The lowest BCUT2D eigenvalue weighted by atomic mass is 10.2. The number of halogens is 1. The maximum Gasteiger partial charge on any atom is 0.257 e. The molecule has 0 unspecified atom stereocenters. The van der Waals surface area contributed by atoms with Crippen molar-refractivity contribution in [3.8, 4) is 17.3 Å². The lowest BCUT2D eigenvalue weighted by Crippen LogP contribution is -2.08. The minimum absolute atomic E-state index is 0.0276. The van der Waals surface area contributed by atoms with Crippen LogP contribution in [0.5, 0.6) is 0 Å². The van der Waals surface area contributed by atoms with Crippen molar-refractivity contribution in [1.29, 1.82) is 0 Å². The second-order valence-electron chi connectivity index (χ2n) is 3.67. The summed E-state index contributed by atoms with van der Waals surface area (Å²) in [7, 11) is 0. The Morgan fingerprint density at radius 2 is 2.05 bits per heavy atom. The Kier molecular flexibility index (Phi) is 2.60. The van der Waals surface area contributed by atoms with E-state index >= 15 is 0 Å². The van der Waals surface area contributed by atoms with E-state index in [0.29, 0.717) is 5.56 Å². The number of benzene rings is 1. The first-order valence-corrected chi connectivity index (χ1v) is 5.35. The van der Waals surface area contributed by atoms with E-state index in [2.05, 4.69) is 25.0 Å². The van der Waals surface area contributed by atoms with Gasteiger partial charge in [-0.3, -0.25) is 0 Å². The van der Waals surface area contributed by atoms with Gasteiger partial charge in [-0.1, -0.05) is 12.1 Å². The lowest BCUT2D eigenvalue weighted by Gasteiger charge is -2.04. The molecule has 2 N–H and O–H groups in total. The molecule has 0 aliphatic rings. The highest BCUT2D eigenvalue weighted by Gasteiger charge is 2.09. The summed E-state index contributed by atoms with van der Waals surface area (Å²) in [5, 5.41) is 3.90. The van der Waals surface area contributed by atoms with Gasteiger partial charge >= 0.3 is 0 Å². The molecule has 2 aromatic heterocycles. The van der Waals surface area contributed by atoms with Gasteiger partial charge < -0.3 is 5.73 Å². The Hall–Kier alpha value is -2.90. The molecular weight excluding hydrogens is 249 g/mol. The molecule has 8 heteroatoms. The van der Waals surface area contributed by atoms with Crippen molar-refractivity contribution < 1.29 is 4.39 Å². The van der Waals surface area contributed by atoms with E-state index < -0.39 is 0 Å². The highest BCUT2D eigenvalue weighted by atomic mass is 19.1. The zero-order valence-corrected chi connectivity index (χ0v) is 9.60. The number of nitrogens with zero attached hydrogens (tertiary/aromatic N) is 6. The van der Waals surface area contributed by atoms with Gasteiger partial charge in [0.1, 0.15) is 18.5 Å². The topological polar surface area (TPSA) is 95.4 Å². The van der Waals surface area contributed by atoms with Crippen molar-refractivity contribution in [3.05, 3.63) is 42.7 Å². The predicted octanol–water partition coefficient (Wildman–Crippen LogP) is 0.841. The van der Waals surface area contributed by atoms with Crippen LogP contribution in [0.2, 0.25) is 0 Å². The number of nitrogens with two attached hydrogens (primary N) is 1. The third kappa shape index (κ3) is 2.23. The maximum atomic E-state index is 13.2. The summed E-state index contributed by atoms with van der Waals surface area (Å²) in [5.74, 6) is 0.153. The second kappa shape index (κ2) is 4.41. The van der Waals surface area contributed by atoms with Crippen LogP contribution in [0.25, 0.3) is 17.3 Å². The zero-order chi connectivity index (χ0) is 13.2. The fourth-order valence-electron chi connectivity index (χ4n) is 1.55. The molecule has 0 amide bonds. The second-order valence-corrected chi connectivity index (χ2v) is 3.67. The Balaban J connectivity index is 2.12. The molecule has 0 saturated carbocycles. The number of rotatable bonds is 2. The van der Waals surface area contributed by atoms with Crippen molar-refractivity contribution in [3.63, 3.8) is 0 Å². The van der Waals surface area contributed by atoms with E-state index in [1.165, 1.54) is 29.5 Å². The molecular formula is C11H8FN7. The normalized spacial score (nSPS) is 10.6. The first kappa shape index (κ1) is 11.2. The van der Waals surface area contributed by atoms with Crippen LogP contribution in [-0.2, 0) is 0 Å². The Morgan fingerprint density at radius 3 is 2.79 bits per heavy atom. The van der Waals surface area contributed by atoms with Crippen molar-refractivity contribution in [2.24, 2.45) is 0 Å². The van der Waals surface area contributed by atoms with Crippen LogP contribution in [0, 0.1) is 5.82 Å². The highest BCUT2D eigenvalue weighted by molar-refractivity contribution is 5.56. The average Bonchev–Trinajstić information content (AvgIpc) is 2.92. The van der Waals surface area contributed by atoms with Gasteiger partial charge in [0.2, 0.25) is 5.95 Å². The average molecular weight is 257 g/mol. The fourth-order valence-corrected chi connectivity index (χ4v) is 1.55. The Labute approximate surface area is 107 Å². The van der Waals surface area contributed by atoms with E-state index in [-0.39, 0.29) is 23.5 Å². The van der Waals surface area contributed by atoms with Gasteiger partial charge in [-0.2, -0.15) is 24.7 Å². The van der Waals surface area contributed by atoms with Gasteiger partial charge in [0.05, 0.1) is 0 Å². The van der Waals surface area contributed by atoms with Crippen LogP contribution < -0.4 is 5.73 Å². The monoisotopic (exact) mass is 257 g/mol. The Bertz CT molecular complexity index is 711. The molecule has 3 aromatic rings. The van der Waals surface area contributed by atoms with Crippen molar-refractivity contribution >= 4 is 5.95 Å². The minimum atomic E-state index is -0.376. The van der Waals surface area contributed by atoms with E-state index in [9.17, 15) is 4.39 Å². The first-order valence-electron chi connectivity index (χ1n) is 5.35. The smallest absolute Gasteiger partial charge is 0.257 e. The molecule has 19 heavy (non-hydrogen) atoms. The highest BCUT2D eigenvalue weighted by Crippen LogP contribution is 2.17. The summed E-state index contributed by atoms with van der Waals surface area (Å²) in [6.07, 6.45) is 2.78. The van der Waals surface area contributed by atoms with Crippen LogP contribution in [0.3, 0.4) is 0 Å². The largest absolute Gasteiger partial charge is 0.368 e. The minimum Gasteiger partial charge on any atom is -0.368 e. The SMILES string of the molecule is Nc1nc(-c2cccc(F)c2)nc(-n2cncn2)n1. The number of hydrogen-bond donors (Lipinski definition) is 1. The van der Waals surface area contributed by atoms with Crippen LogP contribution >= 0.6 is 0 Å². The van der Waals surface area contributed by atoms with Gasteiger partial charge in [0.25, 0.3) is 5.95 Å². The van der Waals surface area contributed by atoms with Gasteiger partial charge in [-0.05, 0) is 12.1 Å². The van der Waals surface area contributed by atoms with Crippen LogP contribution in [0.15, 0.2) is 36.9 Å². The molecule has 0 radical (unpaired) electrons. The number of nitrogen functional groups attached to an aromatic ring is 1. The zero-order valence-electron chi connectivity index (χ0n) is 9.60. The molecule has 0 aliphatic heterocycles. The summed E-state index contributed by atoms with van der Waals surface area (Å²) in [4.78, 5) is 15.9. The summed E-state index contributed by atoms with van der Waals surface area (Å²) >= 11 is 0. The molecule has 0 spiro atoms. The summed E-state index contributed by atoms with van der Waals surface area (Å²) in [6.45, 7) is 0. The van der Waals surface area contributed by atoms with Crippen LogP contribution in [0.4, 0.5) is 10.3 Å². The quantitative estimate of drug-likeness (QED) is 0.730. The molecule has 1 aromatic carbocycles. The fraction of sp³-hybridized carbons (Fsp3) is 0. The molecule has 2 heterocycles. The standard InChI is InChI=1S/C11H8FN7/c12-8-3-1-2-7(4-8)9-16-10(13)18-11(17-9)19-6-14-5-15-19/h1-6H,(H2,13,16,17,18). The summed E-state index contributed by atoms with van der Waals surface area (Å²) in [6, 6.07) is 5.91. The molecule has 0 fully saturated rings. The predicted molar refractivity (Wildman–Crippen MR) is 64.6 cm³/mol. The van der Waals surface area contributed by atoms with Gasteiger partial charge in [-0.15, -0.1) is 0 Å². The van der Waals surface area contributed by atoms with Gasteiger partial charge in [0.15, 0.2) is 5.82 Å². The molecule has 0 atom stereocenters. The van der Waals surface area contributed by atoms with E-state index in [0.717, 1.165) is 0 Å². The molecule has 0 saturated heterocycles. The Morgan fingerprint density at radius 1 is 1.16 bits per heavy atom.